The van der Waals surface area contributed by atoms with Crippen LogP contribution in [0.25, 0.3) is 0 Å². The Morgan fingerprint density at radius 1 is 1.37 bits per heavy atom. The van der Waals surface area contributed by atoms with E-state index in [2.05, 4.69) is 5.32 Å². The fourth-order valence-corrected chi connectivity index (χ4v) is 1.74. The Morgan fingerprint density at radius 2 is 1.95 bits per heavy atom. The zero-order chi connectivity index (χ0) is 13.7. The summed E-state index contributed by atoms with van der Waals surface area (Å²) in [6, 6.07) is 5.36. The Balaban J connectivity index is 0.00000324. The summed E-state index contributed by atoms with van der Waals surface area (Å²) in [5, 5.41) is 2.70. The van der Waals surface area contributed by atoms with E-state index >= 15 is 0 Å². The van der Waals surface area contributed by atoms with Gasteiger partial charge in [0.25, 0.3) is 0 Å². The molecule has 0 bridgehead atoms. The van der Waals surface area contributed by atoms with Crippen LogP contribution >= 0.6 is 12.4 Å². The Hall–Kier alpha value is -1.17. The highest BCUT2D eigenvalue weighted by atomic mass is 35.5. The number of carbonyl (C=O) groups is 1. The monoisotopic (exact) mass is 290 g/mol. The Morgan fingerprint density at radius 3 is 2.42 bits per heavy atom. The minimum absolute atomic E-state index is 0. The highest BCUT2D eigenvalue weighted by molar-refractivity contribution is 5.85. The van der Waals surface area contributed by atoms with Crippen molar-refractivity contribution in [1.82, 2.24) is 5.32 Å². The van der Waals surface area contributed by atoms with E-state index in [1.165, 1.54) is 13.2 Å². The highest BCUT2D eigenvalue weighted by Gasteiger charge is 2.24. The summed E-state index contributed by atoms with van der Waals surface area (Å²) in [7, 11) is 1.48. The lowest BCUT2D eigenvalue weighted by atomic mass is 10.0. The molecule has 3 N–H and O–H groups in total. The van der Waals surface area contributed by atoms with Crippen molar-refractivity contribution in [2.75, 3.05) is 7.11 Å². The van der Waals surface area contributed by atoms with Gasteiger partial charge in [-0.15, -0.1) is 12.4 Å². The predicted molar refractivity (Wildman–Crippen MR) is 74.7 cm³/mol. The molecule has 3 unspecified atom stereocenters. The average Bonchev–Trinajstić information content (AvgIpc) is 2.32. The van der Waals surface area contributed by atoms with Crippen molar-refractivity contribution in [3.05, 3.63) is 35.6 Å². The van der Waals surface area contributed by atoms with Crippen LogP contribution < -0.4 is 11.1 Å². The molecule has 0 radical (unpaired) electrons. The van der Waals surface area contributed by atoms with Crippen LogP contribution in [0, 0.1) is 5.82 Å². The number of benzene rings is 1. The highest BCUT2D eigenvalue weighted by Crippen LogP contribution is 2.23. The van der Waals surface area contributed by atoms with Gasteiger partial charge in [-0.3, -0.25) is 4.79 Å². The Kier molecular flexibility index (Phi) is 7.59. The van der Waals surface area contributed by atoms with Crippen molar-refractivity contribution in [2.24, 2.45) is 5.73 Å². The third-order valence-electron chi connectivity index (χ3n) is 2.70. The molecule has 1 amide bonds. The maximum Gasteiger partial charge on any atom is 0.236 e. The summed E-state index contributed by atoms with van der Waals surface area (Å²) in [6.07, 6.45) is -0.547. The van der Waals surface area contributed by atoms with Gasteiger partial charge in [0.15, 0.2) is 0 Å². The number of rotatable bonds is 5. The van der Waals surface area contributed by atoms with Crippen molar-refractivity contribution >= 4 is 18.3 Å². The molecule has 0 fully saturated rings. The third-order valence-corrected chi connectivity index (χ3v) is 2.70. The molecule has 0 aliphatic rings. The Labute approximate surface area is 118 Å². The number of halogens is 2. The first-order chi connectivity index (χ1) is 8.47. The summed E-state index contributed by atoms with van der Waals surface area (Å²) in [5.41, 5.74) is 5.88. The molecule has 1 aromatic carbocycles. The number of ether oxygens (including phenoxy) is 1. The summed E-state index contributed by atoms with van der Waals surface area (Å²) >= 11 is 0. The molecule has 108 valence electrons. The average molecular weight is 291 g/mol. The fourth-order valence-electron chi connectivity index (χ4n) is 1.74. The molecule has 0 aliphatic carbocycles. The van der Waals surface area contributed by atoms with Gasteiger partial charge < -0.3 is 15.8 Å². The van der Waals surface area contributed by atoms with Gasteiger partial charge >= 0.3 is 0 Å². The first-order valence-electron chi connectivity index (χ1n) is 5.80. The maximum atomic E-state index is 13.7. The number of methoxy groups -OCH3 is 1. The molecule has 19 heavy (non-hydrogen) atoms. The quantitative estimate of drug-likeness (QED) is 0.869. The molecule has 3 atom stereocenters. The number of carbonyl (C=O) groups excluding carboxylic acids is 1. The molecule has 6 heteroatoms. The number of nitrogens with one attached hydrogen (secondary N) is 1. The van der Waals surface area contributed by atoms with Crippen LogP contribution in [0.3, 0.4) is 0 Å². The van der Waals surface area contributed by atoms with Crippen LogP contribution in [0.5, 0.6) is 0 Å². The van der Waals surface area contributed by atoms with E-state index in [4.69, 9.17) is 10.5 Å². The predicted octanol–water partition coefficient (Wildman–Crippen LogP) is 1.79. The molecule has 0 saturated carbocycles. The van der Waals surface area contributed by atoms with E-state index in [-0.39, 0.29) is 30.2 Å². The van der Waals surface area contributed by atoms with E-state index < -0.39 is 12.1 Å². The normalized spacial score (nSPS) is 15.0. The van der Waals surface area contributed by atoms with E-state index in [0.717, 1.165) is 0 Å². The SMILES string of the molecule is COC(c1ccccc1F)C(C)NC(=O)C(C)N.Cl. The van der Waals surface area contributed by atoms with Gasteiger partial charge in [-0.25, -0.2) is 4.39 Å². The van der Waals surface area contributed by atoms with Crippen molar-refractivity contribution in [1.29, 1.82) is 0 Å². The van der Waals surface area contributed by atoms with Crippen molar-refractivity contribution < 1.29 is 13.9 Å². The van der Waals surface area contributed by atoms with E-state index in [0.29, 0.717) is 5.56 Å². The number of hydrogen-bond acceptors (Lipinski definition) is 3. The lowest BCUT2D eigenvalue weighted by Gasteiger charge is -2.25. The van der Waals surface area contributed by atoms with Crippen LogP contribution in [-0.2, 0) is 9.53 Å². The van der Waals surface area contributed by atoms with Gasteiger partial charge in [0, 0.05) is 12.7 Å². The molecule has 0 spiro atoms. The largest absolute Gasteiger partial charge is 0.375 e. The first kappa shape index (κ1) is 17.8. The lowest BCUT2D eigenvalue weighted by molar-refractivity contribution is -0.123. The second-order valence-electron chi connectivity index (χ2n) is 4.26. The molecule has 4 nitrogen and oxygen atoms in total. The minimum Gasteiger partial charge on any atom is -0.375 e. The van der Waals surface area contributed by atoms with Crippen molar-refractivity contribution in [2.45, 2.75) is 32.0 Å². The first-order valence-corrected chi connectivity index (χ1v) is 5.80. The molecular weight excluding hydrogens is 271 g/mol. The zero-order valence-electron chi connectivity index (χ0n) is 11.2. The summed E-state index contributed by atoms with van der Waals surface area (Å²) in [4.78, 5) is 11.5. The van der Waals surface area contributed by atoms with Gasteiger partial charge in [-0.05, 0) is 19.9 Å². The zero-order valence-corrected chi connectivity index (χ0v) is 12.0. The van der Waals surface area contributed by atoms with Crippen LogP contribution in [0.1, 0.15) is 25.5 Å². The summed E-state index contributed by atoms with van der Waals surface area (Å²) in [6.45, 7) is 3.34. The molecule has 0 aromatic heterocycles. The van der Waals surface area contributed by atoms with Crippen LogP contribution in [-0.4, -0.2) is 25.1 Å². The van der Waals surface area contributed by atoms with Crippen molar-refractivity contribution in [3.63, 3.8) is 0 Å². The molecule has 0 aliphatic heterocycles. The maximum absolute atomic E-state index is 13.7. The van der Waals surface area contributed by atoms with E-state index in [9.17, 15) is 9.18 Å². The van der Waals surface area contributed by atoms with Crippen LogP contribution in [0.4, 0.5) is 4.39 Å². The van der Waals surface area contributed by atoms with Gasteiger partial charge in [-0.1, -0.05) is 18.2 Å². The van der Waals surface area contributed by atoms with E-state index in [1.807, 2.05) is 0 Å². The fraction of sp³-hybridized carbons (Fsp3) is 0.462. The second kappa shape index (κ2) is 8.09. The third kappa shape index (κ3) is 4.78. The van der Waals surface area contributed by atoms with Gasteiger partial charge in [0.05, 0.1) is 12.1 Å². The van der Waals surface area contributed by atoms with Crippen LogP contribution in [0.2, 0.25) is 0 Å². The summed E-state index contributed by atoms with van der Waals surface area (Å²) < 4.78 is 18.9. The Bertz CT molecular complexity index is 415. The van der Waals surface area contributed by atoms with Gasteiger partial charge in [-0.2, -0.15) is 0 Å². The molecule has 1 rings (SSSR count). The van der Waals surface area contributed by atoms with Crippen molar-refractivity contribution in [3.8, 4) is 0 Å². The second-order valence-corrected chi connectivity index (χ2v) is 4.26. The molecule has 1 aromatic rings. The number of hydrogen-bond donors (Lipinski definition) is 2. The summed E-state index contributed by atoms with van der Waals surface area (Å²) in [5.74, 6) is -0.646. The topological polar surface area (TPSA) is 64.3 Å². The smallest absolute Gasteiger partial charge is 0.236 e. The molecular formula is C13H20ClFN2O2. The molecule has 0 heterocycles. The van der Waals surface area contributed by atoms with Gasteiger partial charge in [0.1, 0.15) is 11.9 Å². The number of amides is 1. The van der Waals surface area contributed by atoms with E-state index in [1.54, 1.807) is 32.0 Å². The standard InChI is InChI=1S/C13H19FN2O2.ClH/c1-8(15)13(17)16-9(2)12(18-3)10-6-4-5-7-11(10)14;/h4-9,12H,15H2,1-3H3,(H,16,17);1H. The van der Waals surface area contributed by atoms with Gasteiger partial charge in [0.2, 0.25) is 5.91 Å². The molecule has 0 saturated heterocycles. The minimum atomic E-state index is -0.606. The van der Waals surface area contributed by atoms with Crippen LogP contribution in [0.15, 0.2) is 24.3 Å². The lowest BCUT2D eigenvalue weighted by Crippen LogP contribution is -2.45. The number of nitrogens with two attached hydrogens (primary N) is 1.